The summed E-state index contributed by atoms with van der Waals surface area (Å²) in [6, 6.07) is 5.61. The Morgan fingerprint density at radius 2 is 2.11 bits per heavy atom. The molecular weight excluding hydrogens is 264 g/mol. The Bertz CT molecular complexity index is 388. The molecule has 0 aliphatic heterocycles. The molecular formula is C14H23ClN2O2. The number of nitrogens with one attached hydrogen (secondary N) is 1. The largest absolute Gasteiger partial charge is 0.496 e. The maximum atomic E-state index is 6.04. The minimum absolute atomic E-state index is 0.0253. The van der Waals surface area contributed by atoms with Crippen LogP contribution in [0.3, 0.4) is 0 Å². The van der Waals surface area contributed by atoms with Crippen LogP contribution in [0.15, 0.2) is 18.2 Å². The number of hydrazine groups is 1. The average molecular weight is 287 g/mol. The van der Waals surface area contributed by atoms with Gasteiger partial charge in [0.15, 0.2) is 0 Å². The summed E-state index contributed by atoms with van der Waals surface area (Å²) in [6.45, 7) is 4.74. The normalized spacial score (nSPS) is 14.2. The van der Waals surface area contributed by atoms with E-state index in [1.165, 1.54) is 0 Å². The molecule has 19 heavy (non-hydrogen) atoms. The lowest BCUT2D eigenvalue weighted by Crippen LogP contribution is -2.46. The number of rotatable bonds is 8. The molecule has 0 saturated carbocycles. The van der Waals surface area contributed by atoms with Crippen LogP contribution in [0, 0.1) is 0 Å². The molecule has 5 heteroatoms. The third-order valence-electron chi connectivity index (χ3n) is 3.13. The Balaban J connectivity index is 2.87. The second-order valence-corrected chi connectivity index (χ2v) is 4.77. The quantitative estimate of drug-likeness (QED) is 0.570. The predicted molar refractivity (Wildman–Crippen MR) is 78.5 cm³/mol. The van der Waals surface area contributed by atoms with Crippen LogP contribution in [0.5, 0.6) is 5.75 Å². The Hall–Kier alpha value is -0.810. The summed E-state index contributed by atoms with van der Waals surface area (Å²) in [6.07, 6.45) is 1.67. The van der Waals surface area contributed by atoms with E-state index in [-0.39, 0.29) is 12.1 Å². The number of benzene rings is 1. The van der Waals surface area contributed by atoms with E-state index in [0.717, 1.165) is 17.7 Å². The molecule has 2 atom stereocenters. The van der Waals surface area contributed by atoms with E-state index in [1.54, 1.807) is 7.11 Å². The summed E-state index contributed by atoms with van der Waals surface area (Å²) in [4.78, 5) is 0. The average Bonchev–Trinajstić information content (AvgIpc) is 2.42. The standard InChI is InChI=1S/C14H23ClN2O2/c1-4-13(19-5-2)12(17-16)9-10-8-11(15)6-7-14(10)18-3/h6-8,12-13,17H,4-5,9,16H2,1-3H3. The maximum Gasteiger partial charge on any atom is 0.122 e. The first-order chi connectivity index (χ1) is 9.15. The van der Waals surface area contributed by atoms with Crippen molar-refractivity contribution in [3.63, 3.8) is 0 Å². The molecule has 0 aromatic heterocycles. The van der Waals surface area contributed by atoms with Crippen LogP contribution in [0.25, 0.3) is 0 Å². The lowest BCUT2D eigenvalue weighted by Gasteiger charge is -2.26. The zero-order chi connectivity index (χ0) is 14.3. The first kappa shape index (κ1) is 16.2. The van der Waals surface area contributed by atoms with Crippen molar-refractivity contribution in [2.45, 2.75) is 38.8 Å². The van der Waals surface area contributed by atoms with Crippen LogP contribution in [-0.2, 0) is 11.2 Å². The van der Waals surface area contributed by atoms with Crippen LogP contribution < -0.4 is 16.0 Å². The maximum absolute atomic E-state index is 6.04. The van der Waals surface area contributed by atoms with E-state index in [4.69, 9.17) is 26.9 Å². The third-order valence-corrected chi connectivity index (χ3v) is 3.36. The van der Waals surface area contributed by atoms with E-state index < -0.39 is 0 Å². The smallest absolute Gasteiger partial charge is 0.122 e. The summed E-state index contributed by atoms with van der Waals surface area (Å²) in [7, 11) is 1.65. The highest BCUT2D eigenvalue weighted by molar-refractivity contribution is 6.30. The second kappa shape index (κ2) is 8.38. The van der Waals surface area contributed by atoms with Crippen molar-refractivity contribution in [3.05, 3.63) is 28.8 Å². The van der Waals surface area contributed by atoms with Gasteiger partial charge in [0.1, 0.15) is 5.75 Å². The van der Waals surface area contributed by atoms with Crippen molar-refractivity contribution < 1.29 is 9.47 Å². The molecule has 0 aliphatic carbocycles. The van der Waals surface area contributed by atoms with Crippen LogP contribution >= 0.6 is 11.6 Å². The van der Waals surface area contributed by atoms with Crippen LogP contribution in [0.1, 0.15) is 25.8 Å². The van der Waals surface area contributed by atoms with Gasteiger partial charge >= 0.3 is 0 Å². The first-order valence-electron chi connectivity index (χ1n) is 6.56. The van der Waals surface area contributed by atoms with Crippen molar-refractivity contribution >= 4 is 11.6 Å². The third kappa shape index (κ3) is 4.66. The number of ether oxygens (including phenoxy) is 2. The molecule has 3 N–H and O–H groups in total. The molecule has 0 radical (unpaired) electrons. The fraction of sp³-hybridized carbons (Fsp3) is 0.571. The Morgan fingerprint density at radius 1 is 1.37 bits per heavy atom. The van der Waals surface area contributed by atoms with Crippen LogP contribution in [0.2, 0.25) is 5.02 Å². The topological polar surface area (TPSA) is 56.5 Å². The molecule has 0 amide bonds. The predicted octanol–water partition coefficient (Wildman–Crippen LogP) is 2.54. The van der Waals surface area contributed by atoms with Crippen molar-refractivity contribution in [3.8, 4) is 5.75 Å². The van der Waals surface area contributed by atoms with E-state index in [2.05, 4.69) is 12.3 Å². The summed E-state index contributed by atoms with van der Waals surface area (Å²) < 4.78 is 11.1. The van der Waals surface area contributed by atoms with Gasteiger partial charge in [-0.2, -0.15) is 0 Å². The Morgan fingerprint density at radius 3 is 2.63 bits per heavy atom. The number of nitrogens with two attached hydrogens (primary N) is 1. The molecule has 1 aromatic rings. The van der Waals surface area contributed by atoms with Gasteiger partial charge < -0.3 is 9.47 Å². The molecule has 2 unspecified atom stereocenters. The molecule has 1 aromatic carbocycles. The highest BCUT2D eigenvalue weighted by atomic mass is 35.5. The van der Waals surface area contributed by atoms with Crippen LogP contribution in [0.4, 0.5) is 0 Å². The van der Waals surface area contributed by atoms with E-state index in [1.807, 2.05) is 25.1 Å². The zero-order valence-electron chi connectivity index (χ0n) is 11.8. The second-order valence-electron chi connectivity index (χ2n) is 4.34. The van der Waals surface area contributed by atoms with Gasteiger partial charge in [-0.3, -0.25) is 11.3 Å². The minimum atomic E-state index is 0.0253. The van der Waals surface area contributed by atoms with Gasteiger partial charge in [-0.1, -0.05) is 18.5 Å². The molecule has 0 saturated heterocycles. The van der Waals surface area contributed by atoms with Crippen molar-refractivity contribution in [2.75, 3.05) is 13.7 Å². The first-order valence-corrected chi connectivity index (χ1v) is 6.94. The number of hydrogen-bond donors (Lipinski definition) is 2. The lowest BCUT2D eigenvalue weighted by atomic mass is 9.99. The highest BCUT2D eigenvalue weighted by Crippen LogP contribution is 2.25. The molecule has 4 nitrogen and oxygen atoms in total. The number of hydrogen-bond acceptors (Lipinski definition) is 4. The molecule has 0 aliphatic rings. The van der Waals surface area contributed by atoms with E-state index in [9.17, 15) is 0 Å². The SMILES string of the molecule is CCOC(CC)C(Cc1cc(Cl)ccc1OC)NN. The molecule has 0 bridgehead atoms. The van der Waals surface area contributed by atoms with Gasteiger partial charge in [0.05, 0.1) is 19.3 Å². The van der Waals surface area contributed by atoms with Gasteiger partial charge in [-0.05, 0) is 43.5 Å². The summed E-state index contributed by atoms with van der Waals surface area (Å²) in [5, 5.41) is 0.691. The summed E-state index contributed by atoms with van der Waals surface area (Å²) in [5.74, 6) is 6.47. The van der Waals surface area contributed by atoms with Crippen LogP contribution in [-0.4, -0.2) is 25.9 Å². The summed E-state index contributed by atoms with van der Waals surface area (Å²) in [5.41, 5.74) is 3.86. The number of halogens is 1. The van der Waals surface area contributed by atoms with E-state index in [0.29, 0.717) is 18.1 Å². The molecule has 1 rings (SSSR count). The minimum Gasteiger partial charge on any atom is -0.496 e. The van der Waals surface area contributed by atoms with Gasteiger partial charge in [-0.25, -0.2) is 0 Å². The highest BCUT2D eigenvalue weighted by Gasteiger charge is 2.21. The molecule has 0 fully saturated rings. The molecule has 0 heterocycles. The Labute approximate surface area is 120 Å². The van der Waals surface area contributed by atoms with Crippen molar-refractivity contribution in [1.82, 2.24) is 5.43 Å². The number of methoxy groups -OCH3 is 1. The van der Waals surface area contributed by atoms with Gasteiger partial charge in [0.25, 0.3) is 0 Å². The summed E-state index contributed by atoms with van der Waals surface area (Å²) >= 11 is 6.04. The van der Waals surface area contributed by atoms with Crippen molar-refractivity contribution in [2.24, 2.45) is 5.84 Å². The van der Waals surface area contributed by atoms with Gasteiger partial charge in [0, 0.05) is 11.6 Å². The fourth-order valence-electron chi connectivity index (χ4n) is 2.17. The van der Waals surface area contributed by atoms with Gasteiger partial charge in [-0.15, -0.1) is 0 Å². The van der Waals surface area contributed by atoms with Crippen molar-refractivity contribution in [1.29, 1.82) is 0 Å². The molecule has 0 spiro atoms. The lowest BCUT2D eigenvalue weighted by molar-refractivity contribution is 0.0318. The van der Waals surface area contributed by atoms with E-state index >= 15 is 0 Å². The van der Waals surface area contributed by atoms with Gasteiger partial charge in [0.2, 0.25) is 0 Å². The Kier molecular flexibility index (Phi) is 7.16. The molecule has 108 valence electrons. The monoisotopic (exact) mass is 286 g/mol. The fourth-order valence-corrected chi connectivity index (χ4v) is 2.37. The zero-order valence-corrected chi connectivity index (χ0v) is 12.5.